The fourth-order valence-electron chi connectivity index (χ4n) is 8.08. The maximum atomic E-state index is 5.36. The highest BCUT2D eigenvalue weighted by Gasteiger charge is 2.16. The molecule has 2 heterocycles. The lowest BCUT2D eigenvalue weighted by atomic mass is 9.93. The molecule has 0 saturated heterocycles. The van der Waals surface area contributed by atoms with Crippen molar-refractivity contribution >= 4 is 64.9 Å². The van der Waals surface area contributed by atoms with Crippen LogP contribution >= 0.6 is 0 Å². The van der Waals surface area contributed by atoms with E-state index >= 15 is 0 Å². The van der Waals surface area contributed by atoms with Gasteiger partial charge in [0.15, 0.2) is 5.82 Å². The number of hydrogen-bond acceptors (Lipinski definition) is 3. The highest BCUT2D eigenvalue weighted by Crippen LogP contribution is 2.39. The summed E-state index contributed by atoms with van der Waals surface area (Å²) in [7, 11) is 0. The average Bonchev–Trinajstić information content (AvgIpc) is 3.25. The van der Waals surface area contributed by atoms with Crippen LogP contribution in [0, 0.1) is 0 Å². The number of aromatic nitrogens is 3. The molecule has 0 saturated carbocycles. The Morgan fingerprint density at radius 3 is 1.56 bits per heavy atom. The monoisotopic (exact) mass is 685 g/mol. The second kappa shape index (κ2) is 12.2. The molecule has 0 radical (unpaired) electrons. The zero-order valence-electron chi connectivity index (χ0n) is 29.2. The second-order valence-corrected chi connectivity index (χ2v) is 14.0. The summed E-state index contributed by atoms with van der Waals surface area (Å²) in [5.41, 5.74) is 9.26. The summed E-state index contributed by atoms with van der Waals surface area (Å²) in [6, 6.07) is 66.9. The van der Waals surface area contributed by atoms with E-state index in [0.717, 1.165) is 55.3 Å². The lowest BCUT2D eigenvalue weighted by Crippen LogP contribution is -1.96. The van der Waals surface area contributed by atoms with Crippen molar-refractivity contribution in [3.05, 3.63) is 188 Å². The quantitative estimate of drug-likeness (QED) is 0.173. The van der Waals surface area contributed by atoms with Gasteiger partial charge in [-0.15, -0.1) is 0 Å². The summed E-state index contributed by atoms with van der Waals surface area (Å²) >= 11 is 0. The van der Waals surface area contributed by atoms with Crippen LogP contribution in [0.2, 0.25) is 0 Å². The minimum atomic E-state index is 0.701. The normalized spacial score (nSPS) is 11.7. The van der Waals surface area contributed by atoms with Gasteiger partial charge < -0.3 is 0 Å². The highest BCUT2D eigenvalue weighted by atomic mass is 14.9. The average molecular weight is 686 g/mol. The number of pyridine rings is 1. The van der Waals surface area contributed by atoms with Crippen LogP contribution < -0.4 is 0 Å². The van der Waals surface area contributed by atoms with E-state index in [9.17, 15) is 0 Å². The first kappa shape index (κ1) is 30.4. The zero-order chi connectivity index (χ0) is 35.6. The Labute approximate surface area is 311 Å². The van der Waals surface area contributed by atoms with E-state index in [1.54, 1.807) is 0 Å². The third-order valence-corrected chi connectivity index (χ3v) is 10.8. The minimum Gasteiger partial charge on any atom is -0.247 e. The van der Waals surface area contributed by atoms with Gasteiger partial charge in [-0.2, -0.15) is 0 Å². The summed E-state index contributed by atoms with van der Waals surface area (Å²) in [5.74, 6) is 0.701. The SMILES string of the molecule is c1ccc2cc(-c3ccc4nc(-c5ccc(-c6nc(-c7ccc8ccccc8c7)c7ccccc7n6)cc5)c5ccc6ccccc6c5c4c3)ccc2c1. The molecule has 0 aliphatic heterocycles. The van der Waals surface area contributed by atoms with E-state index in [1.807, 2.05) is 6.07 Å². The predicted molar refractivity (Wildman–Crippen MR) is 227 cm³/mol. The van der Waals surface area contributed by atoms with E-state index in [1.165, 1.54) is 48.8 Å². The smallest absolute Gasteiger partial charge is 0.160 e. The van der Waals surface area contributed by atoms with Crippen molar-refractivity contribution in [1.29, 1.82) is 0 Å². The Kier molecular flexibility index (Phi) is 6.86. The molecule has 0 aliphatic carbocycles. The number of fused-ring (bicyclic) bond motifs is 8. The van der Waals surface area contributed by atoms with Crippen LogP contribution in [-0.2, 0) is 0 Å². The number of para-hydroxylation sites is 1. The molecule has 3 heteroatoms. The van der Waals surface area contributed by atoms with Crippen molar-refractivity contribution in [3.63, 3.8) is 0 Å². The number of benzene rings is 9. The number of nitrogens with zero attached hydrogens (tertiary/aromatic N) is 3. The van der Waals surface area contributed by atoms with Crippen molar-refractivity contribution in [2.24, 2.45) is 0 Å². The fraction of sp³-hybridized carbons (Fsp3) is 0. The first-order chi connectivity index (χ1) is 26.7. The van der Waals surface area contributed by atoms with Crippen molar-refractivity contribution < 1.29 is 0 Å². The van der Waals surface area contributed by atoms with Gasteiger partial charge >= 0.3 is 0 Å². The molecule has 11 rings (SSSR count). The van der Waals surface area contributed by atoms with E-state index < -0.39 is 0 Å². The molecule has 0 spiro atoms. The van der Waals surface area contributed by atoms with Gasteiger partial charge in [-0.3, -0.25) is 0 Å². The molecule has 0 aliphatic rings. The van der Waals surface area contributed by atoms with Crippen LogP contribution in [0.25, 0.3) is 110 Å². The standard InChI is InChI=1S/C51H31N3/c1-3-12-37-29-39(23-17-32(37)9-1)40-26-28-47-45(31-40)48-42-14-6-5-11-34(42)25-27-44(48)49(52-47)35-19-21-36(22-20-35)51-53-46-16-8-7-15-43(46)50(54-51)41-24-18-33-10-2-4-13-38(33)30-41/h1-31H. The van der Waals surface area contributed by atoms with Crippen LogP contribution in [0.4, 0.5) is 0 Å². The topological polar surface area (TPSA) is 38.7 Å². The van der Waals surface area contributed by atoms with Gasteiger partial charge in [0.05, 0.1) is 22.4 Å². The molecule has 0 bridgehead atoms. The molecule has 11 aromatic rings. The summed E-state index contributed by atoms with van der Waals surface area (Å²) in [6.07, 6.45) is 0. The van der Waals surface area contributed by atoms with Gasteiger partial charge in [0.25, 0.3) is 0 Å². The van der Waals surface area contributed by atoms with Gasteiger partial charge in [0.1, 0.15) is 0 Å². The molecule has 0 fully saturated rings. The van der Waals surface area contributed by atoms with Crippen LogP contribution in [-0.4, -0.2) is 15.0 Å². The lowest BCUT2D eigenvalue weighted by molar-refractivity contribution is 1.23. The van der Waals surface area contributed by atoms with Crippen LogP contribution in [0.5, 0.6) is 0 Å². The Morgan fingerprint density at radius 2 is 0.778 bits per heavy atom. The van der Waals surface area contributed by atoms with Gasteiger partial charge in [0.2, 0.25) is 0 Å². The third kappa shape index (κ3) is 5.02. The molecule has 0 amide bonds. The Morgan fingerprint density at radius 1 is 0.259 bits per heavy atom. The van der Waals surface area contributed by atoms with Crippen LogP contribution in [0.3, 0.4) is 0 Å². The van der Waals surface area contributed by atoms with E-state index in [0.29, 0.717) is 5.82 Å². The van der Waals surface area contributed by atoms with E-state index in [4.69, 9.17) is 15.0 Å². The van der Waals surface area contributed by atoms with Gasteiger partial charge in [-0.05, 0) is 73.8 Å². The number of hydrogen-bond donors (Lipinski definition) is 0. The minimum absolute atomic E-state index is 0.701. The maximum Gasteiger partial charge on any atom is 0.160 e. The molecule has 9 aromatic carbocycles. The van der Waals surface area contributed by atoms with Crippen molar-refractivity contribution in [2.75, 3.05) is 0 Å². The Balaban J connectivity index is 1.05. The third-order valence-electron chi connectivity index (χ3n) is 10.8. The molecule has 0 atom stereocenters. The Hall–Kier alpha value is -7.23. The first-order valence-corrected chi connectivity index (χ1v) is 18.3. The molecule has 0 unspecified atom stereocenters. The first-order valence-electron chi connectivity index (χ1n) is 18.3. The molecule has 54 heavy (non-hydrogen) atoms. The van der Waals surface area contributed by atoms with Crippen molar-refractivity contribution in [2.45, 2.75) is 0 Å². The summed E-state index contributed by atoms with van der Waals surface area (Å²) in [6.45, 7) is 0. The summed E-state index contributed by atoms with van der Waals surface area (Å²) in [4.78, 5) is 15.6. The molecule has 3 nitrogen and oxygen atoms in total. The van der Waals surface area contributed by atoms with Gasteiger partial charge in [-0.1, -0.05) is 158 Å². The van der Waals surface area contributed by atoms with E-state index in [2.05, 4.69) is 182 Å². The molecular weight excluding hydrogens is 655 g/mol. The van der Waals surface area contributed by atoms with Crippen molar-refractivity contribution in [1.82, 2.24) is 15.0 Å². The van der Waals surface area contributed by atoms with Crippen molar-refractivity contribution in [3.8, 4) is 45.0 Å². The molecule has 2 aromatic heterocycles. The fourth-order valence-corrected chi connectivity index (χ4v) is 8.08. The molecule has 0 N–H and O–H groups in total. The Bertz CT molecular complexity index is 3270. The predicted octanol–water partition coefficient (Wildman–Crippen LogP) is 13.5. The maximum absolute atomic E-state index is 5.36. The van der Waals surface area contributed by atoms with Gasteiger partial charge in [0, 0.05) is 38.2 Å². The van der Waals surface area contributed by atoms with E-state index in [-0.39, 0.29) is 0 Å². The molecule has 250 valence electrons. The van der Waals surface area contributed by atoms with Gasteiger partial charge in [-0.25, -0.2) is 15.0 Å². The highest BCUT2D eigenvalue weighted by molar-refractivity contribution is 6.23. The summed E-state index contributed by atoms with van der Waals surface area (Å²) in [5, 5.41) is 11.9. The number of rotatable bonds is 4. The summed E-state index contributed by atoms with van der Waals surface area (Å²) < 4.78 is 0. The lowest BCUT2D eigenvalue weighted by Gasteiger charge is -2.14. The molecular formula is C51H31N3. The van der Waals surface area contributed by atoms with Crippen LogP contribution in [0.1, 0.15) is 0 Å². The van der Waals surface area contributed by atoms with Crippen LogP contribution in [0.15, 0.2) is 188 Å². The largest absolute Gasteiger partial charge is 0.247 e. The second-order valence-electron chi connectivity index (χ2n) is 14.0. The zero-order valence-corrected chi connectivity index (χ0v) is 29.2.